The minimum absolute atomic E-state index is 0.144. The van der Waals surface area contributed by atoms with E-state index in [9.17, 15) is 4.79 Å². The Hall–Kier alpha value is -0.870. The van der Waals surface area contributed by atoms with Gasteiger partial charge < -0.3 is 11.1 Å². The van der Waals surface area contributed by atoms with E-state index in [1.807, 2.05) is 0 Å². The summed E-state index contributed by atoms with van der Waals surface area (Å²) in [6.07, 6.45) is 6.38. The zero-order chi connectivity index (χ0) is 12.8. The number of carbonyl (C=O) groups excluding carboxylic acids is 1. The molecule has 0 radical (unpaired) electrons. The van der Waals surface area contributed by atoms with Crippen LogP contribution in [0.15, 0.2) is 17.5 Å². The van der Waals surface area contributed by atoms with Crippen LogP contribution in [-0.4, -0.2) is 12.5 Å². The summed E-state index contributed by atoms with van der Waals surface area (Å²) >= 11 is 1.74. The fourth-order valence-corrected chi connectivity index (χ4v) is 3.56. The third kappa shape index (κ3) is 3.56. The van der Waals surface area contributed by atoms with Crippen molar-refractivity contribution in [3.8, 4) is 0 Å². The molecule has 0 aliphatic heterocycles. The van der Waals surface area contributed by atoms with E-state index >= 15 is 0 Å². The van der Waals surface area contributed by atoms with Crippen LogP contribution in [0.3, 0.4) is 0 Å². The van der Waals surface area contributed by atoms with Gasteiger partial charge in [-0.2, -0.15) is 0 Å². The number of rotatable bonds is 6. The van der Waals surface area contributed by atoms with Crippen molar-refractivity contribution in [2.24, 2.45) is 11.7 Å². The molecule has 1 unspecified atom stereocenters. The van der Waals surface area contributed by atoms with Crippen LogP contribution in [0.2, 0.25) is 0 Å². The molecule has 4 heteroatoms. The smallest absolute Gasteiger partial charge is 0.220 e. The van der Waals surface area contributed by atoms with E-state index in [2.05, 4.69) is 22.8 Å². The fraction of sp³-hybridized carbons (Fsp3) is 0.643. The van der Waals surface area contributed by atoms with Crippen molar-refractivity contribution in [2.45, 2.75) is 44.6 Å². The van der Waals surface area contributed by atoms with Crippen LogP contribution in [0, 0.1) is 5.92 Å². The Morgan fingerprint density at radius 1 is 1.50 bits per heavy atom. The van der Waals surface area contributed by atoms with Gasteiger partial charge in [-0.25, -0.2) is 0 Å². The second-order valence-electron chi connectivity index (χ2n) is 5.00. The van der Waals surface area contributed by atoms with Crippen molar-refractivity contribution in [1.82, 2.24) is 5.32 Å². The SMILES string of the molecule is NCCCC(=O)NC(c1cccs1)C1CCCC1. The maximum absolute atomic E-state index is 11.9. The highest BCUT2D eigenvalue weighted by Gasteiger charge is 2.28. The normalized spacial score (nSPS) is 17.8. The van der Waals surface area contributed by atoms with Gasteiger partial charge in [-0.1, -0.05) is 18.9 Å². The molecule has 3 nitrogen and oxygen atoms in total. The van der Waals surface area contributed by atoms with Crippen molar-refractivity contribution in [3.63, 3.8) is 0 Å². The number of thiophene rings is 1. The van der Waals surface area contributed by atoms with E-state index in [4.69, 9.17) is 5.73 Å². The number of nitrogens with one attached hydrogen (secondary N) is 1. The van der Waals surface area contributed by atoms with E-state index in [0.29, 0.717) is 18.9 Å². The maximum Gasteiger partial charge on any atom is 0.220 e. The third-order valence-electron chi connectivity index (χ3n) is 3.65. The summed E-state index contributed by atoms with van der Waals surface area (Å²) in [4.78, 5) is 13.2. The molecule has 1 aromatic heterocycles. The monoisotopic (exact) mass is 266 g/mol. The first-order valence-corrected chi connectivity index (χ1v) is 7.72. The van der Waals surface area contributed by atoms with Crippen LogP contribution in [0.25, 0.3) is 0 Å². The third-order valence-corrected chi connectivity index (χ3v) is 4.60. The molecule has 1 aliphatic rings. The summed E-state index contributed by atoms with van der Waals surface area (Å²) in [6, 6.07) is 4.42. The molecule has 3 N–H and O–H groups in total. The molecule has 1 aliphatic carbocycles. The second kappa shape index (κ2) is 6.90. The highest BCUT2D eigenvalue weighted by molar-refractivity contribution is 7.10. The van der Waals surface area contributed by atoms with Gasteiger partial charge in [0.1, 0.15) is 0 Å². The predicted molar refractivity (Wildman–Crippen MR) is 75.4 cm³/mol. The van der Waals surface area contributed by atoms with E-state index < -0.39 is 0 Å². The number of carbonyl (C=O) groups is 1. The summed E-state index contributed by atoms with van der Waals surface area (Å²) in [5, 5.41) is 5.30. The average molecular weight is 266 g/mol. The molecule has 1 atom stereocenters. The summed E-state index contributed by atoms with van der Waals surface area (Å²) in [5.41, 5.74) is 5.45. The quantitative estimate of drug-likeness (QED) is 0.832. The van der Waals surface area contributed by atoms with Crippen molar-refractivity contribution in [3.05, 3.63) is 22.4 Å². The van der Waals surface area contributed by atoms with Crippen molar-refractivity contribution < 1.29 is 4.79 Å². The van der Waals surface area contributed by atoms with E-state index in [-0.39, 0.29) is 11.9 Å². The standard InChI is InChI=1S/C14H22N2OS/c15-9-3-8-13(17)16-14(11-5-1-2-6-11)12-7-4-10-18-12/h4,7,10-11,14H,1-3,5-6,8-9,15H2,(H,16,17). The average Bonchev–Trinajstić information content (AvgIpc) is 3.05. The lowest BCUT2D eigenvalue weighted by molar-refractivity contribution is -0.122. The molecule has 0 saturated heterocycles. The summed E-state index contributed by atoms with van der Waals surface area (Å²) < 4.78 is 0. The predicted octanol–water partition coefficient (Wildman–Crippen LogP) is 2.83. The number of amides is 1. The van der Waals surface area contributed by atoms with Gasteiger partial charge in [0, 0.05) is 11.3 Å². The molecule has 1 saturated carbocycles. The van der Waals surface area contributed by atoms with E-state index in [0.717, 1.165) is 6.42 Å². The highest BCUT2D eigenvalue weighted by Crippen LogP contribution is 2.37. The molecule has 18 heavy (non-hydrogen) atoms. The maximum atomic E-state index is 11.9. The molecule has 1 amide bonds. The lowest BCUT2D eigenvalue weighted by Crippen LogP contribution is -2.32. The Balaban J connectivity index is 1.98. The number of hydrogen-bond acceptors (Lipinski definition) is 3. The van der Waals surface area contributed by atoms with Crippen LogP contribution >= 0.6 is 11.3 Å². The van der Waals surface area contributed by atoms with E-state index in [1.54, 1.807) is 11.3 Å². The Kier molecular flexibility index (Phi) is 5.20. The van der Waals surface area contributed by atoms with Crippen LogP contribution < -0.4 is 11.1 Å². The molecular weight excluding hydrogens is 244 g/mol. The molecule has 1 heterocycles. The van der Waals surface area contributed by atoms with Crippen molar-refractivity contribution >= 4 is 17.2 Å². The Morgan fingerprint density at radius 2 is 2.28 bits per heavy atom. The van der Waals surface area contributed by atoms with Crippen LogP contribution in [0.5, 0.6) is 0 Å². The molecule has 0 spiro atoms. The molecule has 1 aromatic rings. The topological polar surface area (TPSA) is 55.1 Å². The zero-order valence-corrected chi connectivity index (χ0v) is 11.5. The van der Waals surface area contributed by atoms with Crippen LogP contribution in [0.4, 0.5) is 0 Å². The number of nitrogens with two attached hydrogens (primary N) is 1. The fourth-order valence-electron chi connectivity index (χ4n) is 2.69. The Bertz CT molecular complexity index is 358. The number of hydrogen-bond donors (Lipinski definition) is 2. The zero-order valence-electron chi connectivity index (χ0n) is 10.7. The van der Waals surface area contributed by atoms with Crippen molar-refractivity contribution in [1.29, 1.82) is 0 Å². The first-order chi connectivity index (χ1) is 8.81. The van der Waals surface area contributed by atoms with Gasteiger partial charge in [0.15, 0.2) is 0 Å². The minimum Gasteiger partial charge on any atom is -0.348 e. The molecule has 2 rings (SSSR count). The van der Waals surface area contributed by atoms with Gasteiger partial charge >= 0.3 is 0 Å². The molecule has 100 valence electrons. The molecular formula is C14H22N2OS. The molecule has 0 bridgehead atoms. The summed E-state index contributed by atoms with van der Waals surface area (Å²) in [5.74, 6) is 0.760. The highest BCUT2D eigenvalue weighted by atomic mass is 32.1. The largest absolute Gasteiger partial charge is 0.348 e. The summed E-state index contributed by atoms with van der Waals surface area (Å²) in [7, 11) is 0. The summed E-state index contributed by atoms with van der Waals surface area (Å²) in [6.45, 7) is 0.584. The van der Waals surface area contributed by atoms with Crippen LogP contribution in [-0.2, 0) is 4.79 Å². The lowest BCUT2D eigenvalue weighted by atomic mass is 9.96. The second-order valence-corrected chi connectivity index (χ2v) is 5.98. The van der Waals surface area contributed by atoms with Gasteiger partial charge in [0.2, 0.25) is 5.91 Å². The molecule has 1 fully saturated rings. The first-order valence-electron chi connectivity index (χ1n) is 6.84. The van der Waals surface area contributed by atoms with E-state index in [1.165, 1.54) is 30.6 Å². The van der Waals surface area contributed by atoms with Gasteiger partial charge in [0.05, 0.1) is 6.04 Å². The Morgan fingerprint density at radius 3 is 2.89 bits per heavy atom. The molecule has 0 aromatic carbocycles. The van der Waals surface area contributed by atoms with Gasteiger partial charge in [-0.15, -0.1) is 11.3 Å². The first kappa shape index (κ1) is 13.6. The lowest BCUT2D eigenvalue weighted by Gasteiger charge is -2.23. The van der Waals surface area contributed by atoms with Gasteiger partial charge in [-0.05, 0) is 43.2 Å². The van der Waals surface area contributed by atoms with Gasteiger partial charge in [-0.3, -0.25) is 4.79 Å². The van der Waals surface area contributed by atoms with Crippen molar-refractivity contribution in [2.75, 3.05) is 6.54 Å². The Labute approximate surface area is 113 Å². The van der Waals surface area contributed by atoms with Gasteiger partial charge in [0.25, 0.3) is 0 Å². The van der Waals surface area contributed by atoms with Crippen LogP contribution in [0.1, 0.15) is 49.4 Å². The minimum atomic E-state index is 0.144.